The van der Waals surface area contributed by atoms with Crippen LogP contribution in [0.1, 0.15) is 78.1 Å². The summed E-state index contributed by atoms with van der Waals surface area (Å²) in [6.07, 6.45) is 6.00. The number of phosphoric acid groups is 2. The fourth-order valence-electron chi connectivity index (χ4n) is 6.52. The Hall–Kier alpha value is -3.70. The molecule has 278 valence electrons. The molecule has 3 aromatic heterocycles. The van der Waals surface area contributed by atoms with Crippen molar-refractivity contribution in [2.45, 2.75) is 53.4 Å². The van der Waals surface area contributed by atoms with Crippen LogP contribution in [0.2, 0.25) is 0 Å². The summed E-state index contributed by atoms with van der Waals surface area (Å²) in [7, 11) is -2.04. The quantitative estimate of drug-likeness (QED) is 0.107. The van der Waals surface area contributed by atoms with Gasteiger partial charge in [-0.1, -0.05) is 25.3 Å². The normalized spacial score (nSPS) is 13.7. The second-order valence-electron chi connectivity index (χ2n) is 12.4. The van der Waals surface area contributed by atoms with Crippen molar-refractivity contribution in [1.29, 1.82) is 0 Å². The smallest absolute Gasteiger partial charge is 0.355 e. The highest BCUT2D eigenvalue weighted by Gasteiger charge is 2.25. The lowest BCUT2D eigenvalue weighted by Crippen LogP contribution is -1.99. The van der Waals surface area contributed by atoms with Crippen molar-refractivity contribution in [3.8, 4) is 0 Å². The van der Waals surface area contributed by atoms with Gasteiger partial charge in [0, 0.05) is 61.6 Å². The van der Waals surface area contributed by atoms with Gasteiger partial charge in [0.25, 0.3) is 0 Å². The van der Waals surface area contributed by atoms with E-state index in [0.29, 0.717) is 25.7 Å². The molecular weight excluding hydrogens is 702 g/mol. The minimum absolute atomic E-state index is 0.164. The molecule has 0 radical (unpaired) electrons. The molecule has 0 saturated carbocycles. The Morgan fingerprint density at radius 2 is 1.13 bits per heavy atom. The molecule has 0 atom stereocenters. The van der Waals surface area contributed by atoms with Crippen LogP contribution >= 0.6 is 15.6 Å². The molecule has 2 N–H and O–H groups in total. The van der Waals surface area contributed by atoms with E-state index >= 15 is 0 Å². The van der Waals surface area contributed by atoms with Crippen LogP contribution in [0, 0.1) is 13.8 Å². The Labute approximate surface area is 305 Å². The van der Waals surface area contributed by atoms with Crippen LogP contribution in [0.25, 0.3) is 50.4 Å². The lowest BCUT2D eigenvalue weighted by molar-refractivity contribution is 0.150. The highest BCUT2D eigenvalue weighted by molar-refractivity contribution is 7.48. The van der Waals surface area contributed by atoms with Gasteiger partial charge in [-0.3, -0.25) is 27.1 Å². The van der Waals surface area contributed by atoms with Crippen molar-refractivity contribution in [1.82, 2.24) is 19.9 Å². The van der Waals surface area contributed by atoms with Gasteiger partial charge in [0.05, 0.1) is 36.0 Å². The summed E-state index contributed by atoms with van der Waals surface area (Å²) in [5.41, 5.74) is 15.0. The number of allylic oxidation sites excluding steroid dienone is 5. The van der Waals surface area contributed by atoms with Crippen LogP contribution in [0.15, 0.2) is 43.5 Å². The number of aryl methyl sites for hydroxylation is 3. The molecule has 0 fully saturated rings. The zero-order chi connectivity index (χ0) is 37.8. The zero-order valence-corrected chi connectivity index (χ0v) is 33.0. The average Bonchev–Trinajstić information content (AvgIpc) is 3.81. The molecule has 8 bridgehead atoms. The van der Waals surface area contributed by atoms with E-state index in [0.717, 1.165) is 89.4 Å². The molecule has 3 aromatic rings. The molecule has 14 heteroatoms. The zero-order valence-electron chi connectivity index (χ0n) is 31.2. The van der Waals surface area contributed by atoms with Gasteiger partial charge >= 0.3 is 15.6 Å². The van der Waals surface area contributed by atoms with E-state index in [1.165, 1.54) is 28.4 Å². The molecule has 0 aliphatic carbocycles. The number of phosphoric ester groups is 2. The molecule has 0 unspecified atom stereocenters. The van der Waals surface area contributed by atoms with Crippen LogP contribution in [0.3, 0.4) is 0 Å². The van der Waals surface area contributed by atoms with E-state index in [-0.39, 0.29) is 13.2 Å². The molecule has 2 aliphatic rings. The van der Waals surface area contributed by atoms with Gasteiger partial charge in [-0.05, 0) is 111 Å². The molecule has 5 rings (SSSR count). The molecule has 0 amide bonds. The third-order valence-corrected chi connectivity index (χ3v) is 12.4. The molecular formula is C38H48N4O8P2. The first-order valence-corrected chi connectivity index (χ1v) is 19.9. The van der Waals surface area contributed by atoms with Crippen molar-refractivity contribution in [3.05, 3.63) is 88.5 Å². The maximum Gasteiger partial charge on any atom is 0.474 e. The summed E-state index contributed by atoms with van der Waals surface area (Å²) >= 11 is 0. The van der Waals surface area contributed by atoms with Gasteiger partial charge in [0.1, 0.15) is 0 Å². The summed E-state index contributed by atoms with van der Waals surface area (Å²) in [5.74, 6) is 0. The van der Waals surface area contributed by atoms with Gasteiger partial charge in [-0.2, -0.15) is 0 Å². The summed E-state index contributed by atoms with van der Waals surface area (Å²) in [4.78, 5) is 17.5. The fraction of sp³-hybridized carbons (Fsp3) is 0.368. The monoisotopic (exact) mass is 750 g/mol. The molecule has 0 spiro atoms. The minimum Gasteiger partial charge on any atom is -0.355 e. The first-order chi connectivity index (χ1) is 24.8. The second-order valence-corrected chi connectivity index (χ2v) is 16.2. The first-order valence-electron chi connectivity index (χ1n) is 17.0. The predicted molar refractivity (Wildman–Crippen MR) is 208 cm³/mol. The summed E-state index contributed by atoms with van der Waals surface area (Å²) in [6.45, 7) is 16.8. The van der Waals surface area contributed by atoms with Crippen LogP contribution in [0.5, 0.6) is 0 Å². The minimum atomic E-state index is -3.61. The number of aromatic amines is 2. The molecule has 12 nitrogen and oxygen atoms in total. The Morgan fingerprint density at radius 1 is 0.635 bits per heavy atom. The van der Waals surface area contributed by atoms with Gasteiger partial charge in [0.15, 0.2) is 0 Å². The van der Waals surface area contributed by atoms with E-state index in [1.807, 2.05) is 12.2 Å². The fourth-order valence-corrected chi connectivity index (χ4v) is 7.94. The standard InChI is InChI=1S/C38H48N4O8P2/c1-11-27-23(3)31-19-32-25(5)29(15-13-17-49-51(43,45-7)46-8)37(41-32)22-38-30(16-14-18-50-52(44,47-9)48-10)26(6)34(42-38)21-36-28(12-2)24(4)33(40-36)20-35(27)39-31/h11-12,19-22,40-41H,1-2,13-18H2,3-10H3. The number of hydrogen-bond donors (Lipinski definition) is 2. The number of aromatic nitrogens is 4. The molecule has 0 aromatic carbocycles. The van der Waals surface area contributed by atoms with Crippen molar-refractivity contribution >= 4 is 66.1 Å². The second kappa shape index (κ2) is 16.5. The predicted octanol–water partition coefficient (Wildman–Crippen LogP) is 10.2. The van der Waals surface area contributed by atoms with E-state index < -0.39 is 15.6 Å². The molecule has 52 heavy (non-hydrogen) atoms. The third-order valence-electron chi connectivity index (χ3n) is 9.58. The van der Waals surface area contributed by atoms with Gasteiger partial charge < -0.3 is 9.97 Å². The Kier molecular flexibility index (Phi) is 12.6. The number of fused-ring (bicyclic) bond motifs is 8. The number of H-pyrrole nitrogens is 2. The Balaban J connectivity index is 1.73. The maximum atomic E-state index is 12.5. The van der Waals surface area contributed by atoms with E-state index in [2.05, 4.69) is 75.1 Å². The maximum absolute atomic E-state index is 12.5. The highest BCUT2D eigenvalue weighted by atomic mass is 31.2. The summed E-state index contributed by atoms with van der Waals surface area (Å²) < 4.78 is 55.8. The number of rotatable bonds is 16. The van der Waals surface area contributed by atoms with Crippen LogP contribution in [-0.2, 0) is 42.7 Å². The molecule has 0 saturated heterocycles. The molecule has 5 heterocycles. The first kappa shape index (κ1) is 39.5. The van der Waals surface area contributed by atoms with Crippen LogP contribution in [0.4, 0.5) is 0 Å². The number of nitrogens with zero attached hydrogens (tertiary/aromatic N) is 2. The van der Waals surface area contributed by atoms with E-state index in [1.54, 1.807) is 0 Å². The topological polar surface area (TPSA) is 147 Å². The number of hydrogen-bond acceptors (Lipinski definition) is 10. The largest absolute Gasteiger partial charge is 0.474 e. The van der Waals surface area contributed by atoms with Crippen molar-refractivity contribution in [2.24, 2.45) is 0 Å². The van der Waals surface area contributed by atoms with Gasteiger partial charge in [-0.15, -0.1) is 0 Å². The van der Waals surface area contributed by atoms with Crippen LogP contribution in [-0.4, -0.2) is 61.6 Å². The van der Waals surface area contributed by atoms with E-state index in [4.69, 9.17) is 37.1 Å². The van der Waals surface area contributed by atoms with Crippen molar-refractivity contribution in [2.75, 3.05) is 41.7 Å². The third kappa shape index (κ3) is 8.10. The summed E-state index contributed by atoms with van der Waals surface area (Å²) in [6, 6.07) is 8.24. The number of nitrogens with one attached hydrogen (secondary N) is 2. The average molecular weight is 751 g/mol. The van der Waals surface area contributed by atoms with Crippen LogP contribution < -0.4 is 0 Å². The summed E-state index contributed by atoms with van der Waals surface area (Å²) in [5, 5.41) is 0. The van der Waals surface area contributed by atoms with Crippen molar-refractivity contribution in [3.63, 3.8) is 0 Å². The Morgan fingerprint density at radius 3 is 1.73 bits per heavy atom. The van der Waals surface area contributed by atoms with Gasteiger partial charge in [0.2, 0.25) is 0 Å². The lowest BCUT2D eigenvalue weighted by atomic mass is 10.0. The van der Waals surface area contributed by atoms with E-state index in [9.17, 15) is 9.13 Å². The SMILES string of the molecule is C=CC1=C(C)c2cc3[nH]c(cc4nc(cc5[nH]c(cc1n2)c(C)c5C=C)C(C)=C4CCCOP(=O)(OC)OC)c(CCCOP(=O)(OC)OC)c3C. The molecule has 2 aliphatic heterocycles. The Bertz CT molecular complexity index is 2200. The van der Waals surface area contributed by atoms with Gasteiger partial charge in [-0.25, -0.2) is 19.1 Å². The highest BCUT2D eigenvalue weighted by Crippen LogP contribution is 2.48. The van der Waals surface area contributed by atoms with Crippen molar-refractivity contribution < 1.29 is 36.3 Å². The lowest BCUT2D eigenvalue weighted by Gasteiger charge is -2.13.